The number of aliphatic hydroxyl groups is 1. The fourth-order valence-corrected chi connectivity index (χ4v) is 4.44. The van der Waals surface area contributed by atoms with Crippen molar-refractivity contribution >= 4 is 0 Å². The van der Waals surface area contributed by atoms with Crippen molar-refractivity contribution in [2.45, 2.75) is 50.7 Å². The maximum atomic E-state index is 10.6. The molecule has 3 nitrogen and oxygen atoms in total. The lowest BCUT2D eigenvalue weighted by Crippen LogP contribution is -2.51. The van der Waals surface area contributed by atoms with Crippen LogP contribution in [0.15, 0.2) is 0 Å². The van der Waals surface area contributed by atoms with Gasteiger partial charge in [0, 0.05) is 18.6 Å². The molecule has 5 atom stereocenters. The number of hydrogen-bond acceptors (Lipinski definition) is 3. The Morgan fingerprint density at radius 2 is 2.25 bits per heavy atom. The minimum absolute atomic E-state index is 0.0159. The fourth-order valence-electron chi connectivity index (χ4n) is 4.44. The molecule has 0 amide bonds. The van der Waals surface area contributed by atoms with Crippen LogP contribution in [0.1, 0.15) is 38.5 Å². The first-order valence-corrected chi connectivity index (χ1v) is 6.76. The van der Waals surface area contributed by atoms with Crippen molar-refractivity contribution in [2.24, 2.45) is 23.0 Å². The van der Waals surface area contributed by atoms with Gasteiger partial charge in [-0.25, -0.2) is 0 Å². The maximum Gasteiger partial charge on any atom is 0.0872 e. The number of nitrogens with two attached hydrogens (primary N) is 1. The third kappa shape index (κ3) is 1.45. The zero-order valence-electron chi connectivity index (χ0n) is 9.90. The van der Waals surface area contributed by atoms with Gasteiger partial charge in [-0.05, 0) is 43.9 Å². The van der Waals surface area contributed by atoms with Crippen molar-refractivity contribution in [1.82, 2.24) is 0 Å². The molecule has 1 aliphatic heterocycles. The van der Waals surface area contributed by atoms with E-state index in [9.17, 15) is 5.11 Å². The Labute approximate surface area is 97.3 Å². The van der Waals surface area contributed by atoms with Crippen LogP contribution in [0.25, 0.3) is 0 Å². The number of ether oxygens (including phenoxy) is 1. The summed E-state index contributed by atoms with van der Waals surface area (Å²) < 4.78 is 5.66. The molecule has 3 aliphatic rings. The predicted molar refractivity (Wildman–Crippen MR) is 61.9 cm³/mol. The Balaban J connectivity index is 1.79. The molecule has 3 heteroatoms. The molecular weight excluding hydrogens is 202 g/mol. The second kappa shape index (κ2) is 3.97. The van der Waals surface area contributed by atoms with E-state index in [2.05, 4.69) is 0 Å². The van der Waals surface area contributed by atoms with E-state index >= 15 is 0 Å². The minimum atomic E-state index is -0.324. The van der Waals surface area contributed by atoms with Gasteiger partial charge in [-0.2, -0.15) is 0 Å². The van der Waals surface area contributed by atoms with E-state index in [0.29, 0.717) is 12.5 Å². The monoisotopic (exact) mass is 225 g/mol. The first-order valence-electron chi connectivity index (χ1n) is 6.76. The van der Waals surface area contributed by atoms with Crippen LogP contribution in [0.2, 0.25) is 0 Å². The SMILES string of the molecule is NCC1(C(O)C2CCCO2)CC2CCC1C2. The highest BCUT2D eigenvalue weighted by atomic mass is 16.5. The number of hydrogen-bond donors (Lipinski definition) is 2. The summed E-state index contributed by atoms with van der Waals surface area (Å²) in [4.78, 5) is 0. The number of rotatable bonds is 3. The molecule has 2 saturated carbocycles. The molecule has 2 aliphatic carbocycles. The summed E-state index contributed by atoms with van der Waals surface area (Å²) in [5, 5.41) is 10.6. The van der Waals surface area contributed by atoms with E-state index in [-0.39, 0.29) is 17.6 Å². The summed E-state index contributed by atoms with van der Waals surface area (Å²) in [5.41, 5.74) is 5.99. The van der Waals surface area contributed by atoms with Crippen molar-refractivity contribution in [3.63, 3.8) is 0 Å². The van der Waals surface area contributed by atoms with Gasteiger partial charge in [-0.15, -0.1) is 0 Å². The molecule has 0 radical (unpaired) electrons. The normalized spacial score (nSPS) is 48.8. The van der Waals surface area contributed by atoms with E-state index in [0.717, 1.165) is 31.8 Å². The summed E-state index contributed by atoms with van der Waals surface area (Å²) in [6.07, 6.45) is 6.89. The first kappa shape index (κ1) is 11.0. The van der Waals surface area contributed by atoms with Crippen molar-refractivity contribution < 1.29 is 9.84 Å². The molecule has 2 bridgehead atoms. The molecule has 5 unspecified atom stereocenters. The van der Waals surface area contributed by atoms with E-state index in [1.165, 1.54) is 19.3 Å². The molecule has 3 fully saturated rings. The van der Waals surface area contributed by atoms with Gasteiger partial charge in [-0.1, -0.05) is 6.42 Å². The summed E-state index contributed by atoms with van der Waals surface area (Å²) in [7, 11) is 0. The smallest absolute Gasteiger partial charge is 0.0872 e. The Hall–Kier alpha value is -0.120. The van der Waals surface area contributed by atoms with Crippen molar-refractivity contribution in [2.75, 3.05) is 13.2 Å². The molecule has 3 rings (SSSR count). The average Bonchev–Trinajstić information content (AvgIpc) is 3.03. The number of aliphatic hydroxyl groups excluding tert-OH is 1. The topological polar surface area (TPSA) is 55.5 Å². The summed E-state index contributed by atoms with van der Waals surface area (Å²) >= 11 is 0. The second-order valence-corrected chi connectivity index (χ2v) is 6.01. The molecule has 0 spiro atoms. The molecule has 0 aromatic heterocycles. The van der Waals surface area contributed by atoms with Crippen LogP contribution in [0.5, 0.6) is 0 Å². The van der Waals surface area contributed by atoms with E-state index in [1.54, 1.807) is 0 Å². The molecule has 0 aromatic rings. The van der Waals surface area contributed by atoms with Gasteiger partial charge in [0.05, 0.1) is 12.2 Å². The van der Waals surface area contributed by atoms with Gasteiger partial charge < -0.3 is 15.6 Å². The second-order valence-electron chi connectivity index (χ2n) is 6.01. The van der Waals surface area contributed by atoms with Crippen molar-refractivity contribution in [1.29, 1.82) is 0 Å². The Bertz CT molecular complexity index is 265. The molecule has 1 saturated heterocycles. The lowest BCUT2D eigenvalue weighted by atomic mass is 9.67. The average molecular weight is 225 g/mol. The van der Waals surface area contributed by atoms with Crippen LogP contribution in [0, 0.1) is 17.3 Å². The van der Waals surface area contributed by atoms with Crippen LogP contribution < -0.4 is 5.73 Å². The summed E-state index contributed by atoms with van der Waals surface area (Å²) in [6, 6.07) is 0. The van der Waals surface area contributed by atoms with Crippen LogP contribution in [-0.2, 0) is 4.74 Å². The fraction of sp³-hybridized carbons (Fsp3) is 1.00. The molecule has 0 aromatic carbocycles. The van der Waals surface area contributed by atoms with Gasteiger partial charge in [0.25, 0.3) is 0 Å². The highest BCUT2D eigenvalue weighted by Crippen LogP contribution is 2.58. The van der Waals surface area contributed by atoms with Gasteiger partial charge in [0.15, 0.2) is 0 Å². The van der Waals surface area contributed by atoms with Crippen LogP contribution in [0.4, 0.5) is 0 Å². The zero-order chi connectivity index (χ0) is 11.2. The van der Waals surface area contributed by atoms with Gasteiger partial charge in [0.2, 0.25) is 0 Å². The van der Waals surface area contributed by atoms with Crippen molar-refractivity contribution in [3.05, 3.63) is 0 Å². The minimum Gasteiger partial charge on any atom is -0.390 e. The third-order valence-electron chi connectivity index (χ3n) is 5.31. The highest BCUT2D eigenvalue weighted by Gasteiger charge is 2.55. The molecule has 16 heavy (non-hydrogen) atoms. The van der Waals surface area contributed by atoms with Crippen molar-refractivity contribution in [3.8, 4) is 0 Å². The highest BCUT2D eigenvalue weighted by molar-refractivity contribution is 5.06. The third-order valence-corrected chi connectivity index (χ3v) is 5.31. The predicted octanol–water partition coefficient (Wildman–Crippen LogP) is 1.29. The lowest BCUT2D eigenvalue weighted by Gasteiger charge is -2.42. The Morgan fingerprint density at radius 1 is 1.38 bits per heavy atom. The Kier molecular flexibility index (Phi) is 2.73. The van der Waals surface area contributed by atoms with E-state index in [1.807, 2.05) is 0 Å². The maximum absolute atomic E-state index is 10.6. The molecular formula is C13H23NO2. The summed E-state index contributed by atoms with van der Waals surface area (Å²) in [6.45, 7) is 1.45. The molecule has 92 valence electrons. The van der Waals surface area contributed by atoms with Gasteiger partial charge in [0.1, 0.15) is 0 Å². The van der Waals surface area contributed by atoms with Crippen LogP contribution in [-0.4, -0.2) is 30.5 Å². The molecule has 3 N–H and O–H groups in total. The number of fused-ring (bicyclic) bond motifs is 2. The van der Waals surface area contributed by atoms with Crippen LogP contribution in [0.3, 0.4) is 0 Å². The first-order chi connectivity index (χ1) is 7.76. The van der Waals surface area contributed by atoms with Gasteiger partial charge >= 0.3 is 0 Å². The largest absolute Gasteiger partial charge is 0.390 e. The Morgan fingerprint density at radius 3 is 2.75 bits per heavy atom. The van der Waals surface area contributed by atoms with E-state index in [4.69, 9.17) is 10.5 Å². The zero-order valence-corrected chi connectivity index (χ0v) is 9.90. The standard InChI is InChI=1S/C13H23NO2/c14-8-13(7-9-3-4-10(13)6-9)12(15)11-2-1-5-16-11/h9-12,15H,1-8,14H2. The molecule has 1 heterocycles. The van der Waals surface area contributed by atoms with Gasteiger partial charge in [-0.3, -0.25) is 0 Å². The summed E-state index contributed by atoms with van der Waals surface area (Å²) in [5.74, 6) is 1.48. The van der Waals surface area contributed by atoms with Crippen LogP contribution >= 0.6 is 0 Å². The quantitative estimate of drug-likeness (QED) is 0.761. The van der Waals surface area contributed by atoms with E-state index < -0.39 is 0 Å². The lowest BCUT2D eigenvalue weighted by molar-refractivity contribution is -0.0928.